The molecule has 0 radical (unpaired) electrons. The number of piperidine rings is 1. The highest BCUT2D eigenvalue weighted by Gasteiger charge is 2.28. The normalized spacial score (nSPS) is 16.8. The molecule has 1 aliphatic rings. The molecule has 1 fully saturated rings. The summed E-state index contributed by atoms with van der Waals surface area (Å²) in [5.74, 6) is -0.0825. The number of phenols is 1. The highest BCUT2D eigenvalue weighted by Crippen LogP contribution is 2.20. The monoisotopic (exact) mass is 386 g/mol. The quantitative estimate of drug-likeness (QED) is 0.828. The number of hydrogen-bond acceptors (Lipinski definition) is 3. The number of nitrogens with zero attached hydrogens (tertiary/aromatic N) is 1. The average Bonchev–Trinajstić information content (AvgIpc) is 2.69. The molecule has 1 aliphatic heterocycles. The van der Waals surface area contributed by atoms with Gasteiger partial charge in [-0.3, -0.25) is 9.59 Å². The van der Waals surface area contributed by atoms with Crippen molar-refractivity contribution in [3.05, 3.63) is 64.7 Å². The van der Waals surface area contributed by atoms with Gasteiger partial charge in [-0.25, -0.2) is 0 Å². The zero-order valence-corrected chi connectivity index (χ0v) is 15.8. The molecule has 0 unspecified atom stereocenters. The van der Waals surface area contributed by atoms with E-state index in [1.807, 2.05) is 12.1 Å². The predicted octanol–water partition coefficient (Wildman–Crippen LogP) is 3.26. The molecule has 0 spiro atoms. The van der Waals surface area contributed by atoms with Crippen LogP contribution in [0.4, 0.5) is 0 Å². The fourth-order valence-electron chi connectivity index (χ4n) is 3.34. The highest BCUT2D eigenvalue weighted by atomic mass is 35.5. The molecule has 0 saturated carbocycles. The van der Waals surface area contributed by atoms with Crippen LogP contribution in [-0.4, -0.2) is 41.5 Å². The average molecular weight is 387 g/mol. The number of rotatable bonds is 5. The van der Waals surface area contributed by atoms with Crippen LogP contribution in [-0.2, 0) is 11.2 Å². The van der Waals surface area contributed by atoms with Gasteiger partial charge in [0.1, 0.15) is 5.75 Å². The second kappa shape index (κ2) is 8.91. The lowest BCUT2D eigenvalue weighted by atomic mass is 9.96. The zero-order valence-electron chi connectivity index (χ0n) is 15.0. The number of amides is 2. The molecular formula is C21H23ClN2O3. The molecule has 0 aromatic heterocycles. The Morgan fingerprint density at radius 3 is 2.63 bits per heavy atom. The Hall–Kier alpha value is -2.53. The first-order valence-electron chi connectivity index (χ1n) is 9.14. The van der Waals surface area contributed by atoms with Crippen LogP contribution in [0.3, 0.4) is 0 Å². The number of nitrogens with one attached hydrogen (secondary N) is 1. The summed E-state index contributed by atoms with van der Waals surface area (Å²) in [6, 6.07) is 13.9. The van der Waals surface area contributed by atoms with Crippen molar-refractivity contribution in [2.45, 2.75) is 19.3 Å². The Kier molecular flexibility index (Phi) is 6.35. The molecule has 5 nitrogen and oxygen atoms in total. The van der Waals surface area contributed by atoms with Gasteiger partial charge in [-0.1, -0.05) is 29.8 Å². The minimum atomic E-state index is -0.209. The Balaban J connectivity index is 1.52. The maximum atomic E-state index is 12.6. The summed E-state index contributed by atoms with van der Waals surface area (Å²) >= 11 is 5.88. The van der Waals surface area contributed by atoms with Crippen LogP contribution in [0.5, 0.6) is 5.75 Å². The molecule has 1 atom stereocenters. The molecule has 2 N–H and O–H groups in total. The fraction of sp³-hybridized carbons (Fsp3) is 0.333. The lowest BCUT2D eigenvalue weighted by Crippen LogP contribution is -2.45. The third-order valence-electron chi connectivity index (χ3n) is 4.86. The fourth-order valence-corrected chi connectivity index (χ4v) is 3.46. The summed E-state index contributed by atoms with van der Waals surface area (Å²) in [5, 5.41) is 13.3. The van der Waals surface area contributed by atoms with Crippen LogP contribution in [0.1, 0.15) is 28.8 Å². The molecule has 2 aromatic rings. The first-order chi connectivity index (χ1) is 13.0. The maximum Gasteiger partial charge on any atom is 0.253 e. The van der Waals surface area contributed by atoms with Gasteiger partial charge in [0.2, 0.25) is 5.91 Å². The van der Waals surface area contributed by atoms with Crippen LogP contribution in [0.15, 0.2) is 48.5 Å². The van der Waals surface area contributed by atoms with E-state index in [-0.39, 0.29) is 23.5 Å². The summed E-state index contributed by atoms with van der Waals surface area (Å²) in [7, 11) is 0. The van der Waals surface area contributed by atoms with Gasteiger partial charge < -0.3 is 15.3 Å². The Bertz CT molecular complexity index is 807. The van der Waals surface area contributed by atoms with Gasteiger partial charge in [-0.2, -0.15) is 0 Å². The molecular weight excluding hydrogens is 364 g/mol. The van der Waals surface area contributed by atoms with E-state index in [4.69, 9.17) is 11.6 Å². The number of carbonyl (C=O) groups is 2. The van der Waals surface area contributed by atoms with Crippen molar-refractivity contribution < 1.29 is 14.7 Å². The van der Waals surface area contributed by atoms with Crippen LogP contribution in [0.2, 0.25) is 5.02 Å². The molecule has 2 amide bonds. The minimum Gasteiger partial charge on any atom is -0.508 e. The third-order valence-corrected chi connectivity index (χ3v) is 5.11. The summed E-state index contributed by atoms with van der Waals surface area (Å²) in [6.07, 6.45) is 2.14. The standard InChI is InChI=1S/C21H23ClN2O3/c22-18-9-7-16(8-10-18)21(27)24-13-3-5-17(14-24)20(26)23-12-11-15-4-1-2-6-19(15)25/h1-2,4,6-10,17,25H,3,5,11-14H2,(H,23,26)/t17-/m1/s1. The molecule has 3 rings (SSSR count). The second-order valence-electron chi connectivity index (χ2n) is 6.77. The van der Waals surface area contributed by atoms with Gasteiger partial charge in [0.15, 0.2) is 0 Å². The van der Waals surface area contributed by atoms with Gasteiger partial charge in [-0.05, 0) is 55.2 Å². The topological polar surface area (TPSA) is 69.6 Å². The number of aromatic hydroxyl groups is 1. The Morgan fingerprint density at radius 1 is 1.15 bits per heavy atom. The highest BCUT2D eigenvalue weighted by molar-refractivity contribution is 6.30. The minimum absolute atomic E-state index is 0.0426. The lowest BCUT2D eigenvalue weighted by molar-refractivity contribution is -0.126. The largest absolute Gasteiger partial charge is 0.508 e. The first kappa shape index (κ1) is 19.2. The molecule has 2 aromatic carbocycles. The Morgan fingerprint density at radius 2 is 1.89 bits per heavy atom. The number of para-hydroxylation sites is 1. The molecule has 0 bridgehead atoms. The number of likely N-dealkylation sites (tertiary alicyclic amines) is 1. The van der Waals surface area contributed by atoms with Gasteiger partial charge >= 0.3 is 0 Å². The van der Waals surface area contributed by atoms with E-state index in [1.165, 1.54) is 0 Å². The number of carbonyl (C=O) groups excluding carboxylic acids is 2. The number of hydrogen-bond donors (Lipinski definition) is 2. The van der Waals surface area contributed by atoms with Gasteiger partial charge in [-0.15, -0.1) is 0 Å². The van der Waals surface area contributed by atoms with Crippen LogP contribution in [0, 0.1) is 5.92 Å². The zero-order chi connectivity index (χ0) is 19.2. The van der Waals surface area contributed by atoms with E-state index in [0.29, 0.717) is 36.6 Å². The van der Waals surface area contributed by atoms with Crippen molar-refractivity contribution >= 4 is 23.4 Å². The SMILES string of the molecule is O=C(NCCc1ccccc1O)[C@@H]1CCCN(C(=O)c2ccc(Cl)cc2)C1. The summed E-state index contributed by atoms with van der Waals surface area (Å²) < 4.78 is 0. The van der Waals surface area contributed by atoms with Crippen molar-refractivity contribution in [2.75, 3.05) is 19.6 Å². The van der Waals surface area contributed by atoms with Crippen molar-refractivity contribution in [2.24, 2.45) is 5.92 Å². The van der Waals surface area contributed by atoms with E-state index in [1.54, 1.807) is 41.3 Å². The first-order valence-corrected chi connectivity index (χ1v) is 9.52. The lowest BCUT2D eigenvalue weighted by Gasteiger charge is -2.32. The van der Waals surface area contributed by atoms with Crippen LogP contribution >= 0.6 is 11.6 Å². The van der Waals surface area contributed by atoms with Crippen molar-refractivity contribution in [3.63, 3.8) is 0 Å². The van der Waals surface area contributed by atoms with E-state index >= 15 is 0 Å². The van der Waals surface area contributed by atoms with E-state index in [0.717, 1.165) is 18.4 Å². The van der Waals surface area contributed by atoms with E-state index in [9.17, 15) is 14.7 Å². The van der Waals surface area contributed by atoms with Crippen molar-refractivity contribution in [1.29, 1.82) is 0 Å². The third kappa shape index (κ3) is 5.01. The molecule has 6 heteroatoms. The van der Waals surface area contributed by atoms with E-state index in [2.05, 4.69) is 5.32 Å². The number of phenolic OH excluding ortho intramolecular Hbond substituents is 1. The maximum absolute atomic E-state index is 12.6. The summed E-state index contributed by atoms with van der Waals surface area (Å²) in [6.45, 7) is 1.53. The molecule has 27 heavy (non-hydrogen) atoms. The van der Waals surface area contributed by atoms with Gasteiger partial charge in [0.05, 0.1) is 5.92 Å². The number of benzene rings is 2. The smallest absolute Gasteiger partial charge is 0.253 e. The van der Waals surface area contributed by atoms with Crippen LogP contribution in [0.25, 0.3) is 0 Å². The summed E-state index contributed by atoms with van der Waals surface area (Å²) in [5.41, 5.74) is 1.39. The predicted molar refractivity (Wildman–Crippen MR) is 105 cm³/mol. The Labute approximate surface area is 163 Å². The molecule has 1 heterocycles. The molecule has 1 saturated heterocycles. The van der Waals surface area contributed by atoms with E-state index < -0.39 is 0 Å². The van der Waals surface area contributed by atoms with Crippen LogP contribution < -0.4 is 5.32 Å². The van der Waals surface area contributed by atoms with Crippen molar-refractivity contribution in [3.8, 4) is 5.75 Å². The molecule has 142 valence electrons. The second-order valence-corrected chi connectivity index (χ2v) is 7.20. The van der Waals surface area contributed by atoms with Gasteiger partial charge in [0.25, 0.3) is 5.91 Å². The summed E-state index contributed by atoms with van der Waals surface area (Å²) in [4.78, 5) is 26.9. The number of halogens is 1. The van der Waals surface area contributed by atoms with Crippen molar-refractivity contribution in [1.82, 2.24) is 10.2 Å². The van der Waals surface area contributed by atoms with Gasteiger partial charge in [0, 0.05) is 30.2 Å². The molecule has 0 aliphatic carbocycles.